The van der Waals surface area contributed by atoms with Crippen molar-refractivity contribution in [3.05, 3.63) is 114 Å². The Hall–Kier alpha value is -4.89. The summed E-state index contributed by atoms with van der Waals surface area (Å²) in [6.45, 7) is 1.48. The van der Waals surface area contributed by atoms with Crippen LogP contribution in [0, 0.1) is 0 Å². The standard InChI is InChI=1S/C35H36N7O2/c1-44-27-15-12-24(13-16-27)22-42-34(17-14-25-20-36-30-9-4-2-7-28(25)30)39-40-35(42)32(41-18-6-11-33(41)38-23-43)19-26-21-37-31-10-5-3-8-29(26)31/h2-5,7-10,12-13,15-16,20-21,32-33,36-37H,6,11,14,17-19,22H2,1H3,(H,38,43)/t32-,33-/m1/s1. The van der Waals surface area contributed by atoms with Gasteiger partial charge < -0.3 is 24.6 Å². The van der Waals surface area contributed by atoms with Crippen LogP contribution in [0.5, 0.6) is 5.75 Å². The van der Waals surface area contributed by atoms with Gasteiger partial charge in [-0.05, 0) is 66.6 Å². The maximum atomic E-state index is 11.5. The molecule has 9 nitrogen and oxygen atoms in total. The summed E-state index contributed by atoms with van der Waals surface area (Å²) in [4.78, 5) is 20.7. The smallest absolute Gasteiger partial charge is 0.310 e. The molecule has 6 aromatic rings. The van der Waals surface area contributed by atoms with Crippen molar-refractivity contribution in [2.45, 2.75) is 50.9 Å². The fourth-order valence-electron chi connectivity index (χ4n) is 6.70. The molecule has 1 aliphatic heterocycles. The maximum absolute atomic E-state index is 11.5. The summed E-state index contributed by atoms with van der Waals surface area (Å²) in [5.41, 5.74) is 5.87. The molecule has 1 fully saturated rings. The number of aromatic amines is 2. The van der Waals surface area contributed by atoms with Gasteiger partial charge in [0.2, 0.25) is 0 Å². The van der Waals surface area contributed by atoms with Gasteiger partial charge in [-0.15, -0.1) is 10.2 Å². The van der Waals surface area contributed by atoms with E-state index in [0.717, 1.165) is 72.6 Å². The number of methoxy groups -OCH3 is 1. The van der Waals surface area contributed by atoms with Crippen LogP contribution in [0.3, 0.4) is 0 Å². The molecule has 1 saturated heterocycles. The number of rotatable bonds is 12. The predicted molar refractivity (Wildman–Crippen MR) is 171 cm³/mol. The number of amides is 1. The fraction of sp³-hybridized carbons (Fsp3) is 0.286. The Morgan fingerprint density at radius 3 is 2.36 bits per heavy atom. The quantitative estimate of drug-likeness (QED) is 0.166. The van der Waals surface area contributed by atoms with E-state index >= 15 is 0 Å². The minimum absolute atomic E-state index is 0.102. The molecule has 44 heavy (non-hydrogen) atoms. The molecule has 0 aliphatic carbocycles. The van der Waals surface area contributed by atoms with Crippen LogP contribution in [0.2, 0.25) is 0 Å². The minimum Gasteiger partial charge on any atom is -0.497 e. The highest BCUT2D eigenvalue weighted by molar-refractivity contribution is 5.83. The van der Waals surface area contributed by atoms with E-state index in [1.54, 1.807) is 7.11 Å². The number of aromatic nitrogens is 5. The van der Waals surface area contributed by atoms with Gasteiger partial charge in [-0.2, -0.15) is 0 Å². The molecule has 1 amide bonds. The topological polar surface area (TPSA) is 104 Å². The number of likely N-dealkylation sites (tertiary alicyclic amines) is 1. The summed E-state index contributed by atoms with van der Waals surface area (Å²) in [7, 11) is 1.68. The van der Waals surface area contributed by atoms with Crippen LogP contribution in [-0.4, -0.2) is 55.9 Å². The molecule has 0 saturated carbocycles. The molecule has 4 heterocycles. The highest BCUT2D eigenvalue weighted by atomic mass is 16.5. The number of carbonyl (C=O) groups excluding carboxylic acids is 1. The number of aryl methyl sites for hydroxylation is 2. The van der Waals surface area contributed by atoms with E-state index in [1.807, 2.05) is 24.6 Å². The molecule has 0 spiro atoms. The number of nitrogens with zero attached hydrogens (tertiary/aromatic N) is 4. The van der Waals surface area contributed by atoms with Gasteiger partial charge in [0.25, 0.3) is 0 Å². The van der Waals surface area contributed by atoms with E-state index in [-0.39, 0.29) is 12.2 Å². The molecule has 9 heteroatoms. The Kier molecular flexibility index (Phi) is 7.85. The second kappa shape index (κ2) is 12.4. The van der Waals surface area contributed by atoms with Crippen LogP contribution >= 0.6 is 0 Å². The van der Waals surface area contributed by atoms with Gasteiger partial charge in [-0.1, -0.05) is 48.5 Å². The number of para-hydroxylation sites is 2. The highest BCUT2D eigenvalue weighted by Gasteiger charge is 2.35. The van der Waals surface area contributed by atoms with Crippen LogP contribution < -0.4 is 10.1 Å². The minimum atomic E-state index is -0.108. The molecular weight excluding hydrogens is 550 g/mol. The van der Waals surface area contributed by atoms with Crippen molar-refractivity contribution in [1.82, 2.24) is 34.9 Å². The predicted octanol–water partition coefficient (Wildman–Crippen LogP) is 5.45. The van der Waals surface area contributed by atoms with Gasteiger partial charge in [0.1, 0.15) is 11.6 Å². The first-order valence-electron chi connectivity index (χ1n) is 15.2. The first-order chi connectivity index (χ1) is 21.7. The van der Waals surface area contributed by atoms with E-state index in [2.05, 4.69) is 91.7 Å². The number of hydrogen-bond acceptors (Lipinski definition) is 5. The normalized spacial score (nSPS) is 16.1. The average molecular weight is 587 g/mol. The van der Waals surface area contributed by atoms with Gasteiger partial charge in [-0.25, -0.2) is 0 Å². The molecule has 3 aromatic carbocycles. The van der Waals surface area contributed by atoms with Gasteiger partial charge in [0.05, 0.1) is 25.9 Å². The summed E-state index contributed by atoms with van der Waals surface area (Å²) >= 11 is 0. The van der Waals surface area contributed by atoms with Crippen LogP contribution in [0.15, 0.2) is 85.2 Å². The van der Waals surface area contributed by atoms with Crippen LogP contribution in [0.1, 0.15) is 47.2 Å². The molecule has 3 aromatic heterocycles. The maximum Gasteiger partial charge on any atom is 0.310 e. The number of hydrogen-bond donors (Lipinski definition) is 3. The van der Waals surface area contributed by atoms with Crippen LogP contribution in [-0.2, 0) is 30.6 Å². The average Bonchev–Trinajstić information content (AvgIpc) is 3.86. The van der Waals surface area contributed by atoms with Crippen molar-refractivity contribution >= 4 is 28.2 Å². The molecule has 2 atom stereocenters. The molecule has 0 bridgehead atoms. The zero-order chi connectivity index (χ0) is 29.9. The summed E-state index contributed by atoms with van der Waals surface area (Å²) < 4.78 is 7.71. The lowest BCUT2D eigenvalue weighted by Gasteiger charge is -2.32. The Morgan fingerprint density at radius 2 is 1.64 bits per heavy atom. The molecular formula is C35H36N7O2. The Labute approximate surface area is 256 Å². The second-order valence-electron chi connectivity index (χ2n) is 11.5. The third-order valence-corrected chi connectivity index (χ3v) is 8.95. The van der Waals surface area contributed by atoms with E-state index < -0.39 is 0 Å². The van der Waals surface area contributed by atoms with E-state index in [0.29, 0.717) is 6.54 Å². The van der Waals surface area contributed by atoms with Gasteiger partial charge in [0.15, 0.2) is 5.82 Å². The van der Waals surface area contributed by atoms with Crippen molar-refractivity contribution < 1.29 is 9.53 Å². The van der Waals surface area contributed by atoms with Crippen molar-refractivity contribution in [3.63, 3.8) is 0 Å². The number of nitrogens with one attached hydrogen (secondary N) is 3. The van der Waals surface area contributed by atoms with Crippen molar-refractivity contribution in [1.29, 1.82) is 0 Å². The Bertz CT molecular complexity index is 1870. The summed E-state index contributed by atoms with van der Waals surface area (Å²) in [6, 6.07) is 24.9. The van der Waals surface area contributed by atoms with E-state index in [9.17, 15) is 4.79 Å². The highest BCUT2D eigenvalue weighted by Crippen LogP contribution is 2.34. The van der Waals surface area contributed by atoms with Crippen molar-refractivity contribution in [3.8, 4) is 5.75 Å². The van der Waals surface area contributed by atoms with Gasteiger partial charge in [-0.3, -0.25) is 9.69 Å². The molecule has 1 radical (unpaired) electrons. The summed E-state index contributed by atoms with van der Waals surface area (Å²) in [6.07, 6.45) is 10.2. The van der Waals surface area contributed by atoms with Crippen molar-refractivity contribution in [2.24, 2.45) is 0 Å². The first kappa shape index (κ1) is 27.9. The number of fused-ring (bicyclic) bond motifs is 2. The number of benzene rings is 3. The Balaban J connectivity index is 1.28. The summed E-state index contributed by atoms with van der Waals surface area (Å²) in [5, 5.41) is 15.1. The lowest BCUT2D eigenvalue weighted by molar-refractivity contribution is 0.157. The van der Waals surface area contributed by atoms with Gasteiger partial charge >= 0.3 is 6.41 Å². The zero-order valence-electron chi connectivity index (χ0n) is 24.8. The lowest BCUT2D eigenvalue weighted by atomic mass is 10.0. The third kappa shape index (κ3) is 5.46. The lowest BCUT2D eigenvalue weighted by Crippen LogP contribution is -2.44. The number of H-pyrrole nitrogens is 2. The van der Waals surface area contributed by atoms with Crippen LogP contribution in [0.4, 0.5) is 0 Å². The van der Waals surface area contributed by atoms with Crippen molar-refractivity contribution in [2.75, 3.05) is 13.7 Å². The van der Waals surface area contributed by atoms with E-state index in [1.165, 1.54) is 21.9 Å². The van der Waals surface area contributed by atoms with Gasteiger partial charge in [0, 0.05) is 47.2 Å². The van der Waals surface area contributed by atoms with Crippen LogP contribution in [0.25, 0.3) is 21.8 Å². The fourth-order valence-corrected chi connectivity index (χ4v) is 6.70. The third-order valence-electron chi connectivity index (χ3n) is 8.95. The monoisotopic (exact) mass is 586 g/mol. The Morgan fingerprint density at radius 1 is 0.932 bits per heavy atom. The molecule has 7 rings (SSSR count). The SMILES string of the molecule is COc1ccc(Cn2c(CCc3c[nH]c4ccccc34)nnc2[C@@H](Cc2c[nH]c3ccccc23)N2CCC[C@@H]2N[C]=O)cc1. The zero-order valence-corrected chi connectivity index (χ0v) is 24.8. The molecule has 223 valence electrons. The number of ether oxygens (including phenoxy) is 1. The summed E-state index contributed by atoms with van der Waals surface area (Å²) in [5.74, 6) is 2.67. The first-order valence-corrected chi connectivity index (χ1v) is 15.2. The molecule has 3 N–H and O–H groups in total. The second-order valence-corrected chi connectivity index (χ2v) is 11.5. The molecule has 0 unspecified atom stereocenters. The largest absolute Gasteiger partial charge is 0.497 e. The molecule has 1 aliphatic rings. The van der Waals surface area contributed by atoms with E-state index in [4.69, 9.17) is 14.9 Å².